The summed E-state index contributed by atoms with van der Waals surface area (Å²) in [7, 11) is 0. The molecule has 0 aromatic carbocycles. The smallest absolute Gasteiger partial charge is 0.0851 e. The SMILES string of the molecule is CC(C)C(O)C(C#N)CN1CCCC1. The van der Waals surface area contributed by atoms with Crippen molar-refractivity contribution in [3.63, 3.8) is 0 Å². The van der Waals surface area contributed by atoms with E-state index in [1.54, 1.807) is 0 Å². The van der Waals surface area contributed by atoms with Crippen LogP contribution in [0.5, 0.6) is 0 Å². The van der Waals surface area contributed by atoms with Gasteiger partial charge in [-0.25, -0.2) is 0 Å². The van der Waals surface area contributed by atoms with E-state index in [9.17, 15) is 5.11 Å². The van der Waals surface area contributed by atoms with Crippen molar-refractivity contribution in [3.05, 3.63) is 0 Å². The molecule has 1 heterocycles. The Labute approximate surface area is 86.3 Å². The van der Waals surface area contributed by atoms with Crippen LogP contribution in [0.2, 0.25) is 0 Å². The van der Waals surface area contributed by atoms with Gasteiger partial charge >= 0.3 is 0 Å². The quantitative estimate of drug-likeness (QED) is 0.736. The van der Waals surface area contributed by atoms with Gasteiger partial charge in [0.15, 0.2) is 0 Å². The van der Waals surface area contributed by atoms with E-state index in [-0.39, 0.29) is 11.8 Å². The molecular weight excluding hydrogens is 176 g/mol. The van der Waals surface area contributed by atoms with Crippen LogP contribution in [0, 0.1) is 23.2 Å². The van der Waals surface area contributed by atoms with Crippen molar-refractivity contribution >= 4 is 0 Å². The third kappa shape index (κ3) is 2.97. The highest BCUT2D eigenvalue weighted by molar-refractivity contribution is 4.92. The van der Waals surface area contributed by atoms with Crippen molar-refractivity contribution in [2.75, 3.05) is 19.6 Å². The zero-order chi connectivity index (χ0) is 10.6. The lowest BCUT2D eigenvalue weighted by Gasteiger charge is -2.24. The third-order valence-electron chi connectivity index (χ3n) is 2.91. The van der Waals surface area contributed by atoms with Gasteiger partial charge in [-0.05, 0) is 31.8 Å². The summed E-state index contributed by atoms with van der Waals surface area (Å²) < 4.78 is 0. The number of aliphatic hydroxyl groups excluding tert-OH is 1. The van der Waals surface area contributed by atoms with E-state index in [2.05, 4.69) is 11.0 Å². The van der Waals surface area contributed by atoms with Crippen LogP contribution in [0.4, 0.5) is 0 Å². The Balaban J connectivity index is 2.42. The number of hydrogen-bond donors (Lipinski definition) is 1. The van der Waals surface area contributed by atoms with Crippen LogP contribution < -0.4 is 0 Å². The first kappa shape index (κ1) is 11.5. The molecule has 0 aromatic rings. The number of hydrogen-bond acceptors (Lipinski definition) is 3. The van der Waals surface area contributed by atoms with E-state index in [0.29, 0.717) is 0 Å². The maximum absolute atomic E-state index is 9.80. The highest BCUT2D eigenvalue weighted by Crippen LogP contribution is 2.16. The molecule has 80 valence electrons. The minimum Gasteiger partial charge on any atom is -0.391 e. The van der Waals surface area contributed by atoms with Gasteiger partial charge in [0.25, 0.3) is 0 Å². The summed E-state index contributed by atoms with van der Waals surface area (Å²) in [6, 6.07) is 2.22. The zero-order valence-electron chi connectivity index (χ0n) is 9.11. The van der Waals surface area contributed by atoms with Crippen molar-refractivity contribution in [1.29, 1.82) is 5.26 Å². The van der Waals surface area contributed by atoms with Crippen molar-refractivity contribution in [2.45, 2.75) is 32.8 Å². The molecular formula is C11H20N2O. The molecule has 1 rings (SSSR count). The molecule has 0 bridgehead atoms. The summed E-state index contributed by atoms with van der Waals surface area (Å²) in [5.74, 6) is -0.0599. The van der Waals surface area contributed by atoms with Crippen LogP contribution in [0.1, 0.15) is 26.7 Å². The first-order chi connectivity index (χ1) is 6.65. The Morgan fingerprint density at radius 3 is 2.36 bits per heavy atom. The van der Waals surface area contributed by atoms with Crippen LogP contribution in [-0.4, -0.2) is 35.7 Å². The highest BCUT2D eigenvalue weighted by atomic mass is 16.3. The summed E-state index contributed by atoms with van der Waals surface area (Å²) in [5.41, 5.74) is 0. The molecule has 0 radical (unpaired) electrons. The highest BCUT2D eigenvalue weighted by Gasteiger charge is 2.25. The number of nitriles is 1. The zero-order valence-corrected chi connectivity index (χ0v) is 9.11. The van der Waals surface area contributed by atoms with Gasteiger partial charge in [-0.15, -0.1) is 0 Å². The molecule has 3 heteroatoms. The molecule has 0 saturated carbocycles. The largest absolute Gasteiger partial charge is 0.391 e. The average Bonchev–Trinajstić information content (AvgIpc) is 2.65. The van der Waals surface area contributed by atoms with Gasteiger partial charge in [0.1, 0.15) is 0 Å². The summed E-state index contributed by atoms with van der Waals surface area (Å²) in [6.45, 7) is 6.82. The normalized spacial score (nSPS) is 22.2. The Morgan fingerprint density at radius 1 is 1.36 bits per heavy atom. The van der Waals surface area contributed by atoms with Gasteiger partial charge in [-0.2, -0.15) is 5.26 Å². The maximum atomic E-state index is 9.80. The van der Waals surface area contributed by atoms with E-state index in [0.717, 1.165) is 19.6 Å². The fourth-order valence-corrected chi connectivity index (χ4v) is 1.93. The van der Waals surface area contributed by atoms with Crippen molar-refractivity contribution in [2.24, 2.45) is 11.8 Å². The number of rotatable bonds is 4. The predicted octanol–water partition coefficient (Wildman–Crippen LogP) is 1.24. The van der Waals surface area contributed by atoms with Gasteiger partial charge < -0.3 is 10.0 Å². The van der Waals surface area contributed by atoms with Crippen LogP contribution in [-0.2, 0) is 0 Å². The molecule has 2 atom stereocenters. The van der Waals surface area contributed by atoms with E-state index < -0.39 is 6.10 Å². The standard InChI is InChI=1S/C11H20N2O/c1-9(2)11(14)10(7-12)8-13-5-3-4-6-13/h9-11,14H,3-6,8H2,1-2H3. The molecule has 14 heavy (non-hydrogen) atoms. The second-order valence-electron chi connectivity index (χ2n) is 4.48. The Morgan fingerprint density at radius 2 is 1.93 bits per heavy atom. The summed E-state index contributed by atoms with van der Waals surface area (Å²) >= 11 is 0. The van der Waals surface area contributed by atoms with E-state index in [1.807, 2.05) is 13.8 Å². The predicted molar refractivity (Wildman–Crippen MR) is 55.6 cm³/mol. The molecule has 0 spiro atoms. The van der Waals surface area contributed by atoms with Gasteiger partial charge in [0, 0.05) is 6.54 Å². The Hall–Kier alpha value is -0.590. The minimum absolute atomic E-state index is 0.169. The minimum atomic E-state index is -0.486. The molecule has 0 amide bonds. The molecule has 1 saturated heterocycles. The van der Waals surface area contributed by atoms with E-state index in [1.165, 1.54) is 12.8 Å². The monoisotopic (exact) mass is 196 g/mol. The van der Waals surface area contributed by atoms with Crippen molar-refractivity contribution in [1.82, 2.24) is 4.90 Å². The fourth-order valence-electron chi connectivity index (χ4n) is 1.93. The molecule has 1 aliphatic rings. The van der Waals surface area contributed by atoms with E-state index in [4.69, 9.17) is 5.26 Å². The Bertz CT molecular complexity index is 204. The summed E-state index contributed by atoms with van der Waals surface area (Å²) in [4.78, 5) is 2.28. The lowest BCUT2D eigenvalue weighted by atomic mass is 9.94. The number of aliphatic hydroxyl groups is 1. The van der Waals surface area contributed by atoms with Crippen LogP contribution in [0.25, 0.3) is 0 Å². The van der Waals surface area contributed by atoms with Crippen molar-refractivity contribution < 1.29 is 5.11 Å². The van der Waals surface area contributed by atoms with E-state index >= 15 is 0 Å². The molecule has 3 nitrogen and oxygen atoms in total. The van der Waals surface area contributed by atoms with Gasteiger partial charge in [0.2, 0.25) is 0 Å². The van der Waals surface area contributed by atoms with Gasteiger partial charge in [-0.3, -0.25) is 0 Å². The molecule has 1 fully saturated rings. The molecule has 0 aromatic heterocycles. The lowest BCUT2D eigenvalue weighted by molar-refractivity contribution is 0.0717. The average molecular weight is 196 g/mol. The summed E-state index contributed by atoms with van der Waals surface area (Å²) in [5, 5.41) is 18.8. The van der Waals surface area contributed by atoms with Crippen LogP contribution in [0.3, 0.4) is 0 Å². The number of likely N-dealkylation sites (tertiary alicyclic amines) is 1. The maximum Gasteiger partial charge on any atom is 0.0851 e. The third-order valence-corrected chi connectivity index (χ3v) is 2.91. The first-order valence-electron chi connectivity index (χ1n) is 5.45. The number of nitrogens with zero attached hydrogens (tertiary/aromatic N) is 2. The molecule has 0 aliphatic carbocycles. The van der Waals surface area contributed by atoms with Crippen LogP contribution >= 0.6 is 0 Å². The fraction of sp³-hybridized carbons (Fsp3) is 0.909. The topological polar surface area (TPSA) is 47.3 Å². The molecule has 2 unspecified atom stereocenters. The summed E-state index contributed by atoms with van der Waals surface area (Å²) in [6.07, 6.45) is 1.98. The Kier molecular flexibility index (Phi) is 4.37. The van der Waals surface area contributed by atoms with Crippen molar-refractivity contribution in [3.8, 4) is 6.07 Å². The molecule has 1 aliphatic heterocycles. The van der Waals surface area contributed by atoms with Gasteiger partial charge in [0.05, 0.1) is 18.1 Å². The van der Waals surface area contributed by atoms with Gasteiger partial charge in [-0.1, -0.05) is 13.8 Å². The first-order valence-corrected chi connectivity index (χ1v) is 5.45. The second kappa shape index (κ2) is 5.33. The lowest BCUT2D eigenvalue weighted by Crippen LogP contribution is -2.35. The van der Waals surface area contributed by atoms with Crippen LogP contribution in [0.15, 0.2) is 0 Å². The molecule has 1 N–H and O–H groups in total. The second-order valence-corrected chi connectivity index (χ2v) is 4.48.